The minimum absolute atomic E-state index is 0.463. The minimum Gasteiger partial charge on any atom is -0.255 e. The van der Waals surface area contributed by atoms with E-state index < -0.39 is 0 Å². The van der Waals surface area contributed by atoms with Gasteiger partial charge in [-0.2, -0.15) is 0 Å². The van der Waals surface area contributed by atoms with Crippen LogP contribution in [0.5, 0.6) is 0 Å². The second kappa shape index (κ2) is 6.47. The SMILES string of the molecule is CC(C)c1ccc(N=Cc2ccccn2)c(C(C)C)c1. The first-order chi connectivity index (χ1) is 9.58. The smallest absolute Gasteiger partial charge is 0.0812 e. The fraction of sp³-hybridized carbons (Fsp3) is 0.333. The molecule has 1 aromatic heterocycles. The predicted molar refractivity (Wildman–Crippen MR) is 86.1 cm³/mol. The monoisotopic (exact) mass is 266 g/mol. The molecule has 2 heteroatoms. The molecule has 0 atom stereocenters. The summed E-state index contributed by atoms with van der Waals surface area (Å²) < 4.78 is 0. The maximum Gasteiger partial charge on any atom is 0.0812 e. The zero-order valence-electron chi connectivity index (χ0n) is 12.7. The van der Waals surface area contributed by atoms with Gasteiger partial charge in [0.2, 0.25) is 0 Å². The molecular formula is C18H22N2. The highest BCUT2D eigenvalue weighted by molar-refractivity contribution is 5.80. The number of nitrogens with zero attached hydrogens (tertiary/aromatic N) is 2. The summed E-state index contributed by atoms with van der Waals surface area (Å²) in [6.07, 6.45) is 3.61. The average molecular weight is 266 g/mol. The van der Waals surface area contributed by atoms with E-state index in [9.17, 15) is 0 Å². The highest BCUT2D eigenvalue weighted by Crippen LogP contribution is 2.30. The van der Waals surface area contributed by atoms with Crippen molar-refractivity contribution in [3.05, 3.63) is 59.4 Å². The third-order valence-corrected chi connectivity index (χ3v) is 3.36. The number of hydrogen-bond acceptors (Lipinski definition) is 2. The highest BCUT2D eigenvalue weighted by atomic mass is 14.8. The average Bonchev–Trinajstić information content (AvgIpc) is 2.45. The lowest BCUT2D eigenvalue weighted by atomic mass is 9.94. The largest absolute Gasteiger partial charge is 0.255 e. The second-order valence-electron chi connectivity index (χ2n) is 5.64. The molecule has 2 aromatic rings. The molecule has 0 radical (unpaired) electrons. The summed E-state index contributed by atoms with van der Waals surface area (Å²) in [6.45, 7) is 8.85. The summed E-state index contributed by atoms with van der Waals surface area (Å²) in [4.78, 5) is 8.88. The molecule has 0 bridgehead atoms. The standard InChI is InChI=1S/C18H22N2/c1-13(2)15-8-9-18(17(11-15)14(3)4)20-12-16-7-5-6-10-19-16/h5-14H,1-4H3. The van der Waals surface area contributed by atoms with Crippen molar-refractivity contribution in [2.24, 2.45) is 4.99 Å². The molecule has 104 valence electrons. The van der Waals surface area contributed by atoms with E-state index in [1.165, 1.54) is 11.1 Å². The van der Waals surface area contributed by atoms with Crippen molar-refractivity contribution >= 4 is 11.9 Å². The summed E-state index contributed by atoms with van der Waals surface area (Å²) in [5.41, 5.74) is 4.58. The molecular weight excluding hydrogens is 244 g/mol. The molecule has 0 spiro atoms. The van der Waals surface area contributed by atoms with Gasteiger partial charge in [0.05, 0.1) is 17.6 Å². The fourth-order valence-electron chi connectivity index (χ4n) is 2.10. The Morgan fingerprint density at radius 2 is 1.80 bits per heavy atom. The Balaban J connectivity index is 2.34. The number of hydrogen-bond donors (Lipinski definition) is 0. The first-order valence-electron chi connectivity index (χ1n) is 7.17. The molecule has 0 fully saturated rings. The quantitative estimate of drug-likeness (QED) is 0.708. The van der Waals surface area contributed by atoms with Gasteiger partial charge in [0, 0.05) is 6.20 Å². The van der Waals surface area contributed by atoms with Crippen molar-refractivity contribution in [1.82, 2.24) is 4.98 Å². The van der Waals surface area contributed by atoms with E-state index >= 15 is 0 Å². The Hall–Kier alpha value is -1.96. The summed E-state index contributed by atoms with van der Waals surface area (Å²) in [7, 11) is 0. The molecule has 0 aliphatic heterocycles. The molecule has 2 nitrogen and oxygen atoms in total. The Labute approximate surface area is 121 Å². The van der Waals surface area contributed by atoms with Crippen LogP contribution in [-0.2, 0) is 0 Å². The zero-order chi connectivity index (χ0) is 14.5. The van der Waals surface area contributed by atoms with Crippen molar-refractivity contribution in [2.75, 3.05) is 0 Å². The van der Waals surface area contributed by atoms with Crippen LogP contribution in [0.1, 0.15) is 56.4 Å². The number of rotatable bonds is 4. The van der Waals surface area contributed by atoms with E-state index in [0.717, 1.165) is 11.4 Å². The van der Waals surface area contributed by atoms with Gasteiger partial charge in [-0.1, -0.05) is 45.9 Å². The highest BCUT2D eigenvalue weighted by Gasteiger charge is 2.08. The van der Waals surface area contributed by atoms with Crippen LogP contribution in [0, 0.1) is 0 Å². The second-order valence-corrected chi connectivity index (χ2v) is 5.64. The van der Waals surface area contributed by atoms with Gasteiger partial charge < -0.3 is 0 Å². The number of pyridine rings is 1. The lowest BCUT2D eigenvalue weighted by Gasteiger charge is -2.13. The summed E-state index contributed by atoms with van der Waals surface area (Å²) in [6, 6.07) is 12.4. The van der Waals surface area contributed by atoms with Crippen LogP contribution in [0.25, 0.3) is 0 Å². The number of benzene rings is 1. The van der Waals surface area contributed by atoms with Crippen molar-refractivity contribution < 1.29 is 0 Å². The van der Waals surface area contributed by atoms with Crippen molar-refractivity contribution in [3.63, 3.8) is 0 Å². The summed E-state index contributed by atoms with van der Waals surface area (Å²) in [5.74, 6) is 1.01. The zero-order valence-corrected chi connectivity index (χ0v) is 12.7. The Kier molecular flexibility index (Phi) is 4.67. The minimum atomic E-state index is 0.463. The summed E-state index contributed by atoms with van der Waals surface area (Å²) >= 11 is 0. The van der Waals surface area contributed by atoms with Crippen molar-refractivity contribution in [1.29, 1.82) is 0 Å². The third kappa shape index (κ3) is 3.53. The maximum absolute atomic E-state index is 4.61. The van der Waals surface area contributed by atoms with Gasteiger partial charge in [-0.25, -0.2) is 0 Å². The Morgan fingerprint density at radius 1 is 1.00 bits per heavy atom. The molecule has 0 unspecified atom stereocenters. The van der Waals surface area contributed by atoms with E-state index in [2.05, 4.69) is 55.9 Å². The normalized spacial score (nSPS) is 11.7. The van der Waals surface area contributed by atoms with Crippen molar-refractivity contribution in [3.8, 4) is 0 Å². The van der Waals surface area contributed by atoms with Crippen LogP contribution < -0.4 is 0 Å². The van der Waals surface area contributed by atoms with E-state index in [1.807, 2.05) is 24.4 Å². The van der Waals surface area contributed by atoms with E-state index in [1.54, 1.807) is 6.20 Å². The first-order valence-corrected chi connectivity index (χ1v) is 7.17. The first kappa shape index (κ1) is 14.4. The lowest BCUT2D eigenvalue weighted by molar-refractivity contribution is 0.834. The van der Waals surface area contributed by atoms with Gasteiger partial charge in [-0.3, -0.25) is 9.98 Å². The molecule has 0 amide bonds. The maximum atomic E-state index is 4.61. The Morgan fingerprint density at radius 3 is 2.40 bits per heavy atom. The molecule has 0 aliphatic rings. The van der Waals surface area contributed by atoms with Crippen LogP contribution >= 0.6 is 0 Å². The third-order valence-electron chi connectivity index (χ3n) is 3.36. The van der Waals surface area contributed by atoms with Gasteiger partial charge in [-0.15, -0.1) is 0 Å². The molecule has 20 heavy (non-hydrogen) atoms. The van der Waals surface area contributed by atoms with E-state index in [-0.39, 0.29) is 0 Å². The van der Waals surface area contributed by atoms with Crippen LogP contribution in [-0.4, -0.2) is 11.2 Å². The lowest BCUT2D eigenvalue weighted by Crippen LogP contribution is -1.94. The molecule has 0 N–H and O–H groups in total. The molecule has 0 saturated heterocycles. The van der Waals surface area contributed by atoms with Gasteiger partial charge >= 0.3 is 0 Å². The van der Waals surface area contributed by atoms with E-state index in [4.69, 9.17) is 0 Å². The number of aromatic nitrogens is 1. The molecule has 0 aliphatic carbocycles. The van der Waals surface area contributed by atoms with Gasteiger partial charge in [0.25, 0.3) is 0 Å². The van der Waals surface area contributed by atoms with Crippen LogP contribution in [0.4, 0.5) is 5.69 Å². The molecule has 1 aromatic carbocycles. The van der Waals surface area contributed by atoms with Gasteiger partial charge in [0.15, 0.2) is 0 Å². The van der Waals surface area contributed by atoms with Gasteiger partial charge in [0.1, 0.15) is 0 Å². The fourth-order valence-corrected chi connectivity index (χ4v) is 2.10. The molecule has 0 saturated carbocycles. The number of aliphatic imine (C=N–C) groups is 1. The van der Waals surface area contributed by atoms with Crippen molar-refractivity contribution in [2.45, 2.75) is 39.5 Å². The van der Waals surface area contributed by atoms with Crippen LogP contribution in [0.2, 0.25) is 0 Å². The van der Waals surface area contributed by atoms with Gasteiger partial charge in [-0.05, 0) is 41.2 Å². The molecule has 1 heterocycles. The summed E-state index contributed by atoms with van der Waals surface area (Å²) in [5, 5.41) is 0. The predicted octanol–water partition coefficient (Wildman–Crippen LogP) is 5.08. The Bertz CT molecular complexity index is 584. The topological polar surface area (TPSA) is 25.2 Å². The van der Waals surface area contributed by atoms with Crippen LogP contribution in [0.3, 0.4) is 0 Å². The van der Waals surface area contributed by atoms with Crippen LogP contribution in [0.15, 0.2) is 47.6 Å². The van der Waals surface area contributed by atoms with E-state index in [0.29, 0.717) is 11.8 Å². The molecule has 2 rings (SSSR count).